The molecule has 1 aromatic carbocycles. The number of benzene rings is 1. The molecule has 7 heteroatoms. The summed E-state index contributed by atoms with van der Waals surface area (Å²) in [6.07, 6.45) is -3.84. The van der Waals surface area contributed by atoms with E-state index in [1.54, 1.807) is 0 Å². The van der Waals surface area contributed by atoms with Gasteiger partial charge in [-0.1, -0.05) is 11.6 Å². The smallest absolute Gasteiger partial charge is 0.338 e. The third kappa shape index (κ3) is 2.53. The predicted molar refractivity (Wildman–Crippen MR) is 61.8 cm³/mol. The van der Waals surface area contributed by atoms with Crippen LogP contribution in [0.3, 0.4) is 0 Å². The molecular weight excluding hydrogens is 269 g/mol. The van der Waals surface area contributed by atoms with Gasteiger partial charge in [0.05, 0.1) is 10.6 Å². The second kappa shape index (κ2) is 4.68. The number of nitrogens with one attached hydrogen (secondary N) is 1. The van der Waals surface area contributed by atoms with E-state index in [9.17, 15) is 18.0 Å². The van der Waals surface area contributed by atoms with Crippen LogP contribution in [0.15, 0.2) is 18.2 Å². The van der Waals surface area contributed by atoms with Crippen molar-refractivity contribution in [1.29, 1.82) is 0 Å². The van der Waals surface area contributed by atoms with Crippen LogP contribution in [0.25, 0.3) is 0 Å². The molecule has 0 radical (unpaired) electrons. The van der Waals surface area contributed by atoms with Crippen molar-refractivity contribution < 1.29 is 18.0 Å². The maximum atomic E-state index is 12.7. The minimum absolute atomic E-state index is 0.198. The summed E-state index contributed by atoms with van der Waals surface area (Å²) in [6.45, 7) is 0.930. The van der Waals surface area contributed by atoms with E-state index in [-0.39, 0.29) is 10.7 Å². The van der Waals surface area contributed by atoms with Gasteiger partial charge in [0.15, 0.2) is 0 Å². The molecule has 0 atom stereocenters. The number of alkyl halides is 3. The summed E-state index contributed by atoms with van der Waals surface area (Å²) in [5.41, 5.74) is -0.732. The highest BCUT2D eigenvalue weighted by atomic mass is 35.5. The number of urea groups is 1. The van der Waals surface area contributed by atoms with Crippen molar-refractivity contribution in [3.05, 3.63) is 28.8 Å². The maximum Gasteiger partial charge on any atom is 0.417 e. The van der Waals surface area contributed by atoms with E-state index in [2.05, 4.69) is 5.32 Å². The van der Waals surface area contributed by atoms with Gasteiger partial charge in [-0.15, -0.1) is 0 Å². The highest BCUT2D eigenvalue weighted by Gasteiger charge is 2.34. The standard InChI is InChI=1S/C11H10ClF3N2O/c12-9-3-2-7(6-8(9)11(13,14)15)17-5-1-4-16-10(17)18/h2-3,6H,1,4-5H2,(H,16,18). The Labute approximate surface area is 107 Å². The summed E-state index contributed by atoms with van der Waals surface area (Å²) in [6, 6.07) is 3.06. The Bertz CT molecular complexity index is 476. The summed E-state index contributed by atoms with van der Waals surface area (Å²) in [5.74, 6) is 0. The Hall–Kier alpha value is -1.43. The first-order valence-electron chi connectivity index (χ1n) is 5.32. The number of carbonyl (C=O) groups excluding carboxylic acids is 1. The Morgan fingerprint density at radius 3 is 2.67 bits per heavy atom. The highest BCUT2D eigenvalue weighted by Crippen LogP contribution is 2.37. The first kappa shape index (κ1) is 13.0. The van der Waals surface area contributed by atoms with Gasteiger partial charge in [0.25, 0.3) is 0 Å². The number of hydrogen-bond donors (Lipinski definition) is 1. The summed E-state index contributed by atoms with van der Waals surface area (Å²) in [7, 11) is 0. The van der Waals surface area contributed by atoms with Crippen LogP contribution in [0.1, 0.15) is 12.0 Å². The first-order valence-corrected chi connectivity index (χ1v) is 5.69. The molecule has 0 unspecified atom stereocenters. The minimum atomic E-state index is -4.53. The molecule has 0 bridgehead atoms. The number of nitrogens with zero attached hydrogens (tertiary/aromatic N) is 1. The predicted octanol–water partition coefficient (Wildman–Crippen LogP) is 3.28. The zero-order chi connectivity index (χ0) is 13.3. The lowest BCUT2D eigenvalue weighted by Crippen LogP contribution is -2.46. The van der Waals surface area contributed by atoms with Crippen molar-refractivity contribution in [2.45, 2.75) is 12.6 Å². The van der Waals surface area contributed by atoms with Crippen molar-refractivity contribution in [2.24, 2.45) is 0 Å². The fourth-order valence-electron chi connectivity index (χ4n) is 1.77. The van der Waals surface area contributed by atoms with Crippen molar-refractivity contribution in [3.8, 4) is 0 Å². The Balaban J connectivity index is 2.37. The second-order valence-corrected chi connectivity index (χ2v) is 4.31. The quantitative estimate of drug-likeness (QED) is 0.840. The molecule has 0 aromatic heterocycles. The van der Waals surface area contributed by atoms with E-state index in [0.29, 0.717) is 19.5 Å². The van der Waals surface area contributed by atoms with Gasteiger partial charge in [-0.05, 0) is 24.6 Å². The van der Waals surface area contributed by atoms with Gasteiger partial charge in [-0.3, -0.25) is 4.90 Å². The number of halogens is 4. The largest absolute Gasteiger partial charge is 0.417 e. The normalized spacial score (nSPS) is 16.7. The molecule has 1 saturated heterocycles. The van der Waals surface area contributed by atoms with Crippen molar-refractivity contribution in [3.63, 3.8) is 0 Å². The van der Waals surface area contributed by atoms with Gasteiger partial charge in [0.1, 0.15) is 0 Å². The number of hydrogen-bond acceptors (Lipinski definition) is 1. The van der Waals surface area contributed by atoms with Crippen LogP contribution in [0.5, 0.6) is 0 Å². The van der Waals surface area contributed by atoms with Crippen LogP contribution in [0, 0.1) is 0 Å². The molecule has 98 valence electrons. The van der Waals surface area contributed by atoms with Gasteiger partial charge in [0.2, 0.25) is 0 Å². The molecule has 1 N–H and O–H groups in total. The van der Waals surface area contributed by atoms with Crippen molar-refractivity contribution in [1.82, 2.24) is 5.32 Å². The SMILES string of the molecule is O=C1NCCCN1c1ccc(Cl)c(C(F)(F)F)c1. The van der Waals surface area contributed by atoms with Crippen LogP contribution in [-0.2, 0) is 6.18 Å². The first-order chi connectivity index (χ1) is 8.39. The minimum Gasteiger partial charge on any atom is -0.338 e. The van der Waals surface area contributed by atoms with Gasteiger partial charge < -0.3 is 5.32 Å². The lowest BCUT2D eigenvalue weighted by molar-refractivity contribution is -0.137. The lowest BCUT2D eigenvalue weighted by atomic mass is 10.1. The summed E-state index contributed by atoms with van der Waals surface area (Å²) in [5, 5.41) is 2.20. The molecule has 2 amide bonds. The molecule has 0 aliphatic carbocycles. The molecule has 2 rings (SSSR count). The van der Waals surface area contributed by atoms with E-state index >= 15 is 0 Å². The van der Waals surface area contributed by atoms with E-state index in [0.717, 1.165) is 12.1 Å². The molecule has 1 aliphatic heterocycles. The topological polar surface area (TPSA) is 32.3 Å². The summed E-state index contributed by atoms with van der Waals surface area (Å²) >= 11 is 5.52. The van der Waals surface area contributed by atoms with Crippen LogP contribution in [-0.4, -0.2) is 19.1 Å². The molecule has 3 nitrogen and oxygen atoms in total. The monoisotopic (exact) mass is 278 g/mol. The average Bonchev–Trinajstić information content (AvgIpc) is 2.29. The number of anilines is 1. The van der Waals surface area contributed by atoms with E-state index in [4.69, 9.17) is 11.6 Å². The van der Waals surface area contributed by atoms with Gasteiger partial charge in [0, 0.05) is 18.8 Å². The third-order valence-corrected chi connectivity index (χ3v) is 2.98. The second-order valence-electron chi connectivity index (χ2n) is 3.90. The van der Waals surface area contributed by atoms with Crippen LogP contribution in [0.4, 0.5) is 23.7 Å². The number of rotatable bonds is 1. The van der Waals surface area contributed by atoms with E-state index < -0.39 is 17.8 Å². The van der Waals surface area contributed by atoms with Gasteiger partial charge >= 0.3 is 12.2 Å². The fraction of sp³-hybridized carbons (Fsp3) is 0.364. The van der Waals surface area contributed by atoms with Gasteiger partial charge in [-0.2, -0.15) is 13.2 Å². The number of carbonyl (C=O) groups is 1. The van der Waals surface area contributed by atoms with Crippen LogP contribution >= 0.6 is 11.6 Å². The molecule has 18 heavy (non-hydrogen) atoms. The average molecular weight is 279 g/mol. The van der Waals surface area contributed by atoms with Gasteiger partial charge in [-0.25, -0.2) is 4.79 Å². The fourth-order valence-corrected chi connectivity index (χ4v) is 2.00. The van der Waals surface area contributed by atoms with E-state index in [1.807, 2.05) is 0 Å². The zero-order valence-corrected chi connectivity index (χ0v) is 9.98. The van der Waals surface area contributed by atoms with E-state index in [1.165, 1.54) is 11.0 Å². The molecule has 0 spiro atoms. The Morgan fingerprint density at radius 1 is 1.33 bits per heavy atom. The van der Waals surface area contributed by atoms with Crippen LogP contribution in [0.2, 0.25) is 5.02 Å². The molecule has 1 aromatic rings. The molecular formula is C11H10ClF3N2O. The molecule has 1 aliphatic rings. The maximum absolute atomic E-state index is 12.7. The number of amides is 2. The van der Waals surface area contributed by atoms with Crippen molar-refractivity contribution in [2.75, 3.05) is 18.0 Å². The summed E-state index contributed by atoms with van der Waals surface area (Å²) in [4.78, 5) is 12.8. The summed E-state index contributed by atoms with van der Waals surface area (Å²) < 4.78 is 38.1. The van der Waals surface area contributed by atoms with Crippen molar-refractivity contribution >= 4 is 23.3 Å². The molecule has 1 heterocycles. The third-order valence-electron chi connectivity index (χ3n) is 2.65. The molecule has 0 saturated carbocycles. The highest BCUT2D eigenvalue weighted by molar-refractivity contribution is 6.31. The lowest BCUT2D eigenvalue weighted by Gasteiger charge is -2.28. The zero-order valence-electron chi connectivity index (χ0n) is 9.22. The molecule has 1 fully saturated rings. The Kier molecular flexibility index (Phi) is 3.38. The Morgan fingerprint density at radius 2 is 2.06 bits per heavy atom. The van der Waals surface area contributed by atoms with Crippen LogP contribution < -0.4 is 10.2 Å².